The lowest BCUT2D eigenvalue weighted by atomic mass is 10.1. The summed E-state index contributed by atoms with van der Waals surface area (Å²) in [6.07, 6.45) is 24.8. The largest absolute Gasteiger partial charge is 0.366 e. The smallest absolute Gasteiger partial charge is 0.253 e. The molecule has 0 radical (unpaired) electrons. The molecule has 2 fully saturated rings. The van der Waals surface area contributed by atoms with E-state index in [1.54, 1.807) is 48.5 Å². The topological polar surface area (TPSA) is 127 Å². The number of carbonyl (C=O) groups is 4. The molecular formula is C40H60N4O4. The van der Waals surface area contributed by atoms with Gasteiger partial charge in [-0.3, -0.25) is 19.2 Å². The Morgan fingerprint density at radius 2 is 0.667 bits per heavy atom. The number of carbonyl (C=O) groups excluding carboxylic acids is 4. The second kappa shape index (κ2) is 22.8. The highest BCUT2D eigenvalue weighted by Gasteiger charge is 2.18. The summed E-state index contributed by atoms with van der Waals surface area (Å²) in [6.45, 7) is 3.27. The number of benzene rings is 2. The number of hydrogen-bond acceptors (Lipinski definition) is 4. The average molecular weight is 661 g/mol. The Balaban J connectivity index is 0.000000260. The number of amides is 4. The van der Waals surface area contributed by atoms with Crippen molar-refractivity contribution in [3.05, 3.63) is 70.8 Å². The van der Waals surface area contributed by atoms with Crippen molar-refractivity contribution < 1.29 is 19.2 Å². The van der Waals surface area contributed by atoms with Crippen molar-refractivity contribution in [3.8, 4) is 0 Å². The zero-order valence-electron chi connectivity index (χ0n) is 29.3. The summed E-state index contributed by atoms with van der Waals surface area (Å²) in [6, 6.07) is 13.5. The number of nitrogens with two attached hydrogens (primary N) is 2. The van der Waals surface area contributed by atoms with E-state index in [4.69, 9.17) is 11.5 Å². The highest BCUT2D eigenvalue weighted by Crippen LogP contribution is 2.17. The van der Waals surface area contributed by atoms with E-state index in [1.165, 1.54) is 103 Å². The molecule has 0 bridgehead atoms. The third kappa shape index (κ3) is 14.6. The summed E-state index contributed by atoms with van der Waals surface area (Å²) in [5.41, 5.74) is 12.6. The van der Waals surface area contributed by atoms with Crippen molar-refractivity contribution >= 4 is 23.6 Å². The zero-order chi connectivity index (χ0) is 34.4. The van der Waals surface area contributed by atoms with Gasteiger partial charge in [-0.05, 0) is 68.1 Å². The Hall–Kier alpha value is -3.68. The van der Waals surface area contributed by atoms with Gasteiger partial charge in [0.1, 0.15) is 0 Å². The predicted molar refractivity (Wildman–Crippen MR) is 194 cm³/mol. The summed E-state index contributed by atoms with van der Waals surface area (Å²) >= 11 is 0. The fourth-order valence-corrected chi connectivity index (χ4v) is 6.62. The monoisotopic (exact) mass is 660 g/mol. The molecule has 4 rings (SSSR count). The first-order chi connectivity index (χ1) is 23.4. The van der Waals surface area contributed by atoms with Gasteiger partial charge in [-0.25, -0.2) is 0 Å². The van der Waals surface area contributed by atoms with Crippen LogP contribution >= 0.6 is 0 Å². The molecule has 0 aliphatic carbocycles. The van der Waals surface area contributed by atoms with Crippen LogP contribution in [-0.4, -0.2) is 59.6 Å². The van der Waals surface area contributed by atoms with E-state index in [9.17, 15) is 19.2 Å². The van der Waals surface area contributed by atoms with E-state index >= 15 is 0 Å². The van der Waals surface area contributed by atoms with Crippen LogP contribution in [-0.2, 0) is 0 Å². The Morgan fingerprint density at radius 1 is 0.375 bits per heavy atom. The molecule has 2 aromatic carbocycles. The van der Waals surface area contributed by atoms with E-state index in [0.717, 1.165) is 51.9 Å². The first-order valence-electron chi connectivity index (χ1n) is 18.7. The molecule has 2 aromatic rings. The van der Waals surface area contributed by atoms with Gasteiger partial charge in [-0.1, -0.05) is 109 Å². The van der Waals surface area contributed by atoms with Crippen molar-refractivity contribution in [1.82, 2.24) is 9.80 Å². The molecule has 48 heavy (non-hydrogen) atoms. The lowest BCUT2D eigenvalue weighted by Gasteiger charge is -2.23. The van der Waals surface area contributed by atoms with Crippen LogP contribution < -0.4 is 11.5 Å². The fraction of sp³-hybridized carbons (Fsp3) is 0.600. The predicted octanol–water partition coefficient (Wildman–Crippen LogP) is 8.28. The number of nitrogens with zero attached hydrogens (tertiary/aromatic N) is 2. The second-order valence-corrected chi connectivity index (χ2v) is 13.5. The Labute approximate surface area is 289 Å². The number of rotatable bonds is 4. The zero-order valence-corrected chi connectivity index (χ0v) is 29.3. The maximum Gasteiger partial charge on any atom is 0.253 e. The van der Waals surface area contributed by atoms with Crippen molar-refractivity contribution in [1.29, 1.82) is 0 Å². The van der Waals surface area contributed by atoms with Crippen LogP contribution in [0.25, 0.3) is 0 Å². The summed E-state index contributed by atoms with van der Waals surface area (Å²) < 4.78 is 0. The van der Waals surface area contributed by atoms with Crippen LogP contribution in [0.15, 0.2) is 48.5 Å². The molecule has 264 valence electrons. The van der Waals surface area contributed by atoms with Crippen LogP contribution in [0.4, 0.5) is 0 Å². The third-order valence-corrected chi connectivity index (χ3v) is 9.60. The molecule has 8 nitrogen and oxygen atoms in total. The Kier molecular flexibility index (Phi) is 18.4. The first kappa shape index (κ1) is 38.8. The fourth-order valence-electron chi connectivity index (χ4n) is 6.62. The maximum absolute atomic E-state index is 12.8. The SMILES string of the molecule is NC(=O)c1ccc(C(=O)N2CCCCCCCCCCCC2)cc1.NC(=O)c1cccc(C(=O)N2CCCCCCCCCCCC2)c1. The van der Waals surface area contributed by atoms with Gasteiger partial charge in [0.25, 0.3) is 11.8 Å². The first-order valence-corrected chi connectivity index (χ1v) is 18.7. The van der Waals surface area contributed by atoms with Crippen LogP contribution in [0.2, 0.25) is 0 Å². The summed E-state index contributed by atoms with van der Waals surface area (Å²) in [5, 5.41) is 0. The molecule has 4 amide bonds. The van der Waals surface area contributed by atoms with Crippen molar-refractivity contribution in [3.63, 3.8) is 0 Å². The van der Waals surface area contributed by atoms with Crippen LogP contribution in [0.5, 0.6) is 0 Å². The number of hydrogen-bond donors (Lipinski definition) is 2. The van der Waals surface area contributed by atoms with E-state index in [1.807, 2.05) is 9.80 Å². The van der Waals surface area contributed by atoms with Crippen LogP contribution in [0, 0.1) is 0 Å². The van der Waals surface area contributed by atoms with E-state index in [-0.39, 0.29) is 11.8 Å². The standard InChI is InChI=1S/2C20H30N2O2/c21-19(23)17-11-13-18(14-12-17)20(24)22-15-9-7-5-3-1-2-4-6-8-10-16-22;21-19(23)17-12-11-13-18(16-17)20(24)22-14-9-7-5-3-1-2-4-6-8-10-15-22/h11-14H,1-10,15-16H2,(H2,21,23);11-13,16H,1-10,14-15H2,(H2,21,23). The van der Waals surface area contributed by atoms with E-state index in [2.05, 4.69) is 0 Å². The van der Waals surface area contributed by atoms with Crippen LogP contribution in [0.1, 0.15) is 170 Å². The van der Waals surface area contributed by atoms with E-state index < -0.39 is 11.8 Å². The molecule has 2 aliphatic rings. The molecule has 4 N–H and O–H groups in total. The molecule has 0 aromatic heterocycles. The van der Waals surface area contributed by atoms with E-state index in [0.29, 0.717) is 22.3 Å². The third-order valence-electron chi connectivity index (χ3n) is 9.60. The summed E-state index contributed by atoms with van der Waals surface area (Å²) in [5.74, 6) is -0.861. The molecule has 0 atom stereocenters. The average Bonchev–Trinajstić information content (AvgIpc) is 3.15. The number of primary amides is 2. The van der Waals surface area contributed by atoms with Gasteiger partial charge < -0.3 is 21.3 Å². The van der Waals surface area contributed by atoms with Crippen molar-refractivity contribution in [2.45, 2.75) is 128 Å². The van der Waals surface area contributed by atoms with Gasteiger partial charge in [0.2, 0.25) is 11.8 Å². The molecule has 0 saturated carbocycles. The highest BCUT2D eigenvalue weighted by atomic mass is 16.2. The van der Waals surface area contributed by atoms with Gasteiger partial charge in [0.05, 0.1) is 0 Å². The Morgan fingerprint density at radius 3 is 1.02 bits per heavy atom. The lowest BCUT2D eigenvalue weighted by molar-refractivity contribution is 0.0741. The minimum absolute atomic E-state index is 0.0213. The van der Waals surface area contributed by atoms with Gasteiger partial charge >= 0.3 is 0 Å². The molecule has 2 heterocycles. The van der Waals surface area contributed by atoms with Gasteiger partial charge in [-0.15, -0.1) is 0 Å². The van der Waals surface area contributed by atoms with Crippen LogP contribution in [0.3, 0.4) is 0 Å². The molecule has 0 unspecified atom stereocenters. The quantitative estimate of drug-likeness (QED) is 0.342. The maximum atomic E-state index is 12.8. The summed E-state index contributed by atoms with van der Waals surface area (Å²) in [7, 11) is 0. The molecule has 2 aliphatic heterocycles. The van der Waals surface area contributed by atoms with Gasteiger partial charge in [-0.2, -0.15) is 0 Å². The lowest BCUT2D eigenvalue weighted by Crippen LogP contribution is -2.33. The Bertz CT molecular complexity index is 1230. The highest BCUT2D eigenvalue weighted by molar-refractivity contribution is 5.99. The molecule has 8 heteroatoms. The normalized spacial score (nSPS) is 18.1. The van der Waals surface area contributed by atoms with Gasteiger partial charge in [0.15, 0.2) is 0 Å². The minimum Gasteiger partial charge on any atom is -0.366 e. The molecule has 2 saturated heterocycles. The molecular weight excluding hydrogens is 600 g/mol. The van der Waals surface area contributed by atoms with Crippen molar-refractivity contribution in [2.24, 2.45) is 11.5 Å². The second-order valence-electron chi connectivity index (χ2n) is 13.5. The summed E-state index contributed by atoms with van der Waals surface area (Å²) in [4.78, 5) is 52.0. The minimum atomic E-state index is -0.491. The van der Waals surface area contributed by atoms with Gasteiger partial charge in [0, 0.05) is 48.4 Å². The van der Waals surface area contributed by atoms with Crippen molar-refractivity contribution in [2.75, 3.05) is 26.2 Å². The molecule has 0 spiro atoms.